The van der Waals surface area contributed by atoms with Crippen LogP contribution in [0.3, 0.4) is 0 Å². The number of aryl methyl sites for hydroxylation is 1. The number of carbonyl (C=O) groups excluding carboxylic acids is 1. The van der Waals surface area contributed by atoms with E-state index in [0.717, 1.165) is 11.4 Å². The van der Waals surface area contributed by atoms with E-state index in [-0.39, 0.29) is 12.0 Å². The first-order valence-electron chi connectivity index (χ1n) is 7.56. The molecular formula is C16H20N4O3. The van der Waals surface area contributed by atoms with E-state index in [1.54, 1.807) is 12.0 Å². The monoisotopic (exact) mass is 316 g/mol. The molecule has 1 aliphatic rings. The molecular weight excluding hydrogens is 296 g/mol. The highest BCUT2D eigenvalue weighted by Gasteiger charge is 2.32. The number of methoxy groups -OCH3 is 1. The van der Waals surface area contributed by atoms with Crippen LogP contribution in [-0.2, 0) is 14.3 Å². The number of benzene rings is 1. The normalized spacial score (nSPS) is 19.6. The fraction of sp³-hybridized carbons (Fsp3) is 0.438. The molecule has 2 aromatic rings. The van der Waals surface area contributed by atoms with Crippen LogP contribution in [-0.4, -0.2) is 52.8 Å². The number of H-pyrrole nitrogens is 1. The van der Waals surface area contributed by atoms with Crippen LogP contribution in [0.25, 0.3) is 0 Å². The Bertz CT molecular complexity index is 658. The van der Waals surface area contributed by atoms with Crippen molar-refractivity contribution in [3.8, 4) is 0 Å². The maximum absolute atomic E-state index is 12.8. The highest BCUT2D eigenvalue weighted by molar-refractivity contribution is 5.82. The Morgan fingerprint density at radius 3 is 2.87 bits per heavy atom. The molecule has 122 valence electrons. The van der Waals surface area contributed by atoms with Crippen LogP contribution < -0.4 is 0 Å². The van der Waals surface area contributed by atoms with Crippen molar-refractivity contribution >= 4 is 5.91 Å². The molecule has 1 aromatic carbocycles. The summed E-state index contributed by atoms with van der Waals surface area (Å²) in [7, 11) is 1.55. The first-order chi connectivity index (χ1) is 11.2. The van der Waals surface area contributed by atoms with Gasteiger partial charge in [0.1, 0.15) is 11.9 Å². The largest absolute Gasteiger partial charge is 0.367 e. The molecule has 0 spiro atoms. The van der Waals surface area contributed by atoms with Gasteiger partial charge in [-0.25, -0.2) is 4.98 Å². The molecule has 23 heavy (non-hydrogen) atoms. The molecule has 0 aliphatic carbocycles. The predicted octanol–water partition coefficient (Wildman–Crippen LogP) is 1.40. The minimum atomic E-state index is -0.608. The second-order valence-electron chi connectivity index (χ2n) is 5.45. The van der Waals surface area contributed by atoms with Crippen molar-refractivity contribution < 1.29 is 14.3 Å². The molecule has 1 saturated heterocycles. The van der Waals surface area contributed by atoms with Crippen LogP contribution in [0.1, 0.15) is 29.4 Å². The zero-order valence-electron chi connectivity index (χ0n) is 13.2. The van der Waals surface area contributed by atoms with E-state index in [0.29, 0.717) is 25.5 Å². The SMILES string of the molecule is CO[C@@H](C(=O)N1CCO[C@@H](c2n[nH]c(C)n2)C1)c1ccccc1. The first kappa shape index (κ1) is 15.6. The highest BCUT2D eigenvalue weighted by atomic mass is 16.5. The Kier molecular flexibility index (Phi) is 4.68. The summed E-state index contributed by atoms with van der Waals surface area (Å²) in [6, 6.07) is 9.49. The van der Waals surface area contributed by atoms with Gasteiger partial charge in [0, 0.05) is 13.7 Å². The van der Waals surface area contributed by atoms with E-state index in [1.807, 2.05) is 37.3 Å². The van der Waals surface area contributed by atoms with Gasteiger partial charge in [0.25, 0.3) is 5.91 Å². The average Bonchev–Trinajstić information content (AvgIpc) is 3.03. The maximum Gasteiger partial charge on any atom is 0.256 e. The van der Waals surface area contributed by atoms with Gasteiger partial charge >= 0.3 is 0 Å². The Labute approximate surface area is 134 Å². The minimum Gasteiger partial charge on any atom is -0.367 e. The Morgan fingerprint density at radius 2 is 2.22 bits per heavy atom. The van der Waals surface area contributed by atoms with Crippen molar-refractivity contribution in [2.45, 2.75) is 19.1 Å². The summed E-state index contributed by atoms with van der Waals surface area (Å²) in [5.41, 5.74) is 0.844. The minimum absolute atomic E-state index is 0.0701. The number of rotatable bonds is 4. The highest BCUT2D eigenvalue weighted by Crippen LogP contribution is 2.24. The van der Waals surface area contributed by atoms with E-state index in [2.05, 4.69) is 15.2 Å². The van der Waals surface area contributed by atoms with Crippen molar-refractivity contribution in [1.29, 1.82) is 0 Å². The number of nitrogens with zero attached hydrogens (tertiary/aromatic N) is 3. The first-order valence-corrected chi connectivity index (χ1v) is 7.56. The van der Waals surface area contributed by atoms with Gasteiger partial charge in [0.2, 0.25) is 0 Å². The van der Waals surface area contributed by atoms with Crippen molar-refractivity contribution in [2.75, 3.05) is 26.8 Å². The fourth-order valence-corrected chi connectivity index (χ4v) is 2.68. The molecule has 1 amide bonds. The summed E-state index contributed by atoms with van der Waals surface area (Å²) in [6.45, 7) is 3.24. The standard InChI is InChI=1S/C16H20N4O3/c1-11-17-15(19-18-11)13-10-20(8-9-23-13)16(21)14(22-2)12-6-4-3-5-7-12/h3-7,13-14H,8-10H2,1-2H3,(H,17,18,19)/t13-,14-/m1/s1. The topological polar surface area (TPSA) is 80.3 Å². The second kappa shape index (κ2) is 6.89. The Balaban J connectivity index is 1.73. The fourth-order valence-electron chi connectivity index (χ4n) is 2.68. The molecule has 1 N–H and O–H groups in total. The average molecular weight is 316 g/mol. The smallest absolute Gasteiger partial charge is 0.256 e. The molecule has 0 bridgehead atoms. The van der Waals surface area contributed by atoms with Gasteiger partial charge in [0.05, 0.1) is 13.2 Å². The van der Waals surface area contributed by atoms with Gasteiger partial charge in [-0.05, 0) is 12.5 Å². The molecule has 1 aromatic heterocycles. The zero-order chi connectivity index (χ0) is 16.2. The number of aromatic nitrogens is 3. The van der Waals surface area contributed by atoms with Crippen LogP contribution in [0.2, 0.25) is 0 Å². The molecule has 7 nitrogen and oxygen atoms in total. The molecule has 0 unspecified atom stereocenters. The molecule has 2 atom stereocenters. The van der Waals surface area contributed by atoms with Crippen LogP contribution in [0.15, 0.2) is 30.3 Å². The number of aromatic amines is 1. The van der Waals surface area contributed by atoms with Gasteiger partial charge in [-0.3, -0.25) is 9.89 Å². The molecule has 1 fully saturated rings. The number of hydrogen-bond acceptors (Lipinski definition) is 5. The predicted molar refractivity (Wildman–Crippen MR) is 82.6 cm³/mol. The summed E-state index contributed by atoms with van der Waals surface area (Å²) in [6.07, 6.45) is -0.922. The number of carbonyl (C=O) groups is 1. The Hall–Kier alpha value is -2.25. The molecule has 2 heterocycles. The summed E-state index contributed by atoms with van der Waals surface area (Å²) in [4.78, 5) is 18.9. The third-order valence-corrected chi connectivity index (χ3v) is 3.84. The van der Waals surface area contributed by atoms with Crippen LogP contribution in [0, 0.1) is 6.92 Å². The van der Waals surface area contributed by atoms with E-state index >= 15 is 0 Å². The van der Waals surface area contributed by atoms with Gasteiger partial charge in [0.15, 0.2) is 11.9 Å². The lowest BCUT2D eigenvalue weighted by Crippen LogP contribution is -2.45. The van der Waals surface area contributed by atoms with Crippen molar-refractivity contribution in [3.05, 3.63) is 47.5 Å². The van der Waals surface area contributed by atoms with Gasteiger partial charge < -0.3 is 14.4 Å². The summed E-state index contributed by atoms with van der Waals surface area (Å²) in [5.74, 6) is 1.24. The van der Waals surface area contributed by atoms with Crippen molar-refractivity contribution in [3.63, 3.8) is 0 Å². The van der Waals surface area contributed by atoms with Crippen molar-refractivity contribution in [1.82, 2.24) is 20.1 Å². The molecule has 7 heteroatoms. The summed E-state index contributed by atoms with van der Waals surface area (Å²) in [5, 5.41) is 6.93. The van der Waals surface area contributed by atoms with Gasteiger partial charge in [-0.2, -0.15) is 5.10 Å². The molecule has 1 aliphatic heterocycles. The van der Waals surface area contributed by atoms with E-state index in [1.165, 1.54) is 0 Å². The lowest BCUT2D eigenvalue weighted by Gasteiger charge is -2.33. The van der Waals surface area contributed by atoms with Gasteiger partial charge in [-0.1, -0.05) is 30.3 Å². The Morgan fingerprint density at radius 1 is 1.43 bits per heavy atom. The summed E-state index contributed by atoms with van der Waals surface area (Å²) < 4.78 is 11.1. The number of morpholine rings is 1. The third-order valence-electron chi connectivity index (χ3n) is 3.84. The number of amides is 1. The second-order valence-corrected chi connectivity index (χ2v) is 5.45. The van der Waals surface area contributed by atoms with Crippen molar-refractivity contribution in [2.24, 2.45) is 0 Å². The number of nitrogens with one attached hydrogen (secondary N) is 1. The third kappa shape index (κ3) is 3.40. The summed E-state index contributed by atoms with van der Waals surface area (Å²) >= 11 is 0. The molecule has 0 radical (unpaired) electrons. The zero-order valence-corrected chi connectivity index (χ0v) is 13.2. The molecule has 0 saturated carbocycles. The lowest BCUT2D eigenvalue weighted by atomic mass is 10.1. The van der Waals surface area contributed by atoms with Crippen LogP contribution in [0.4, 0.5) is 0 Å². The number of hydrogen-bond donors (Lipinski definition) is 1. The van der Waals surface area contributed by atoms with Crippen LogP contribution in [0.5, 0.6) is 0 Å². The van der Waals surface area contributed by atoms with Gasteiger partial charge in [-0.15, -0.1) is 0 Å². The van der Waals surface area contributed by atoms with E-state index in [4.69, 9.17) is 9.47 Å². The number of ether oxygens (including phenoxy) is 2. The van der Waals surface area contributed by atoms with Crippen LogP contribution >= 0.6 is 0 Å². The molecule has 3 rings (SSSR count). The van der Waals surface area contributed by atoms with E-state index in [9.17, 15) is 4.79 Å². The maximum atomic E-state index is 12.8. The van der Waals surface area contributed by atoms with E-state index < -0.39 is 6.10 Å². The quantitative estimate of drug-likeness (QED) is 0.922. The lowest BCUT2D eigenvalue weighted by molar-refractivity contribution is -0.150.